The molecule has 5 heteroatoms. The zero-order valence-electron chi connectivity index (χ0n) is 6.43. The average Bonchev–Trinajstić information content (AvgIpc) is 2.49. The van der Waals surface area contributed by atoms with Gasteiger partial charge < -0.3 is 15.4 Å². The number of hydrogen-bond donors (Lipinski definition) is 1. The fraction of sp³-hybridized carbons (Fsp3) is 0.286. The third-order valence-corrected chi connectivity index (χ3v) is 1.80. The summed E-state index contributed by atoms with van der Waals surface area (Å²) < 4.78 is 5.15. The molecule has 0 radical (unpaired) electrons. The van der Waals surface area contributed by atoms with Crippen molar-refractivity contribution in [2.45, 2.75) is 0 Å². The van der Waals surface area contributed by atoms with Gasteiger partial charge in [0.25, 0.3) is 0 Å². The van der Waals surface area contributed by atoms with Crippen molar-refractivity contribution in [1.29, 1.82) is 0 Å². The molecule has 0 atom stereocenters. The second-order valence-electron chi connectivity index (χ2n) is 2.61. The summed E-state index contributed by atoms with van der Waals surface area (Å²) in [7, 11) is 0. The number of rotatable bonds is 0. The summed E-state index contributed by atoms with van der Waals surface area (Å²) in [4.78, 5) is 14.0. The van der Waals surface area contributed by atoms with Crippen molar-refractivity contribution in [3.8, 4) is 0 Å². The summed E-state index contributed by atoms with van der Waals surface area (Å²) in [6.07, 6.45) is 5.06. The maximum atomic E-state index is 10.7. The quantitative estimate of drug-likeness (QED) is 0.551. The molecule has 0 aromatic heterocycles. The van der Waals surface area contributed by atoms with Crippen LogP contribution in [0.2, 0.25) is 0 Å². The van der Waals surface area contributed by atoms with Crippen LogP contribution in [0.4, 0.5) is 4.79 Å². The lowest BCUT2D eigenvalue weighted by atomic mass is 10.4. The van der Waals surface area contributed by atoms with Crippen LogP contribution in [0, 0.1) is 0 Å². The van der Waals surface area contributed by atoms with E-state index in [1.165, 1.54) is 4.90 Å². The van der Waals surface area contributed by atoms with E-state index in [0.29, 0.717) is 13.3 Å². The van der Waals surface area contributed by atoms with Crippen LogP contribution in [-0.4, -0.2) is 29.2 Å². The molecule has 0 spiro atoms. The number of carbonyl (C=O) groups excluding carboxylic acids is 1. The molecular weight excluding hydrogens is 158 g/mol. The van der Waals surface area contributed by atoms with Gasteiger partial charge in [0.05, 0.1) is 12.3 Å². The van der Waals surface area contributed by atoms with Gasteiger partial charge in [-0.25, -0.2) is 4.79 Å². The number of urea groups is 1. The minimum absolute atomic E-state index is 0.481. The third-order valence-electron chi connectivity index (χ3n) is 1.80. The Morgan fingerprint density at radius 1 is 1.58 bits per heavy atom. The van der Waals surface area contributed by atoms with E-state index in [4.69, 9.17) is 10.5 Å². The Morgan fingerprint density at radius 3 is 3.17 bits per heavy atom. The largest absolute Gasteiger partial charge is 0.355 e. The molecule has 5 nitrogen and oxygen atoms in total. The number of primary amides is 1. The van der Waals surface area contributed by atoms with Gasteiger partial charge in [0, 0.05) is 18.6 Å². The van der Waals surface area contributed by atoms with E-state index in [2.05, 4.69) is 0 Å². The highest BCUT2D eigenvalue weighted by atomic mass is 16.5. The van der Waals surface area contributed by atoms with Crippen molar-refractivity contribution in [1.82, 2.24) is 9.80 Å². The Hall–Kier alpha value is -1.49. The molecule has 2 aliphatic rings. The Morgan fingerprint density at radius 2 is 2.42 bits per heavy atom. The second kappa shape index (κ2) is 2.53. The molecule has 12 heavy (non-hydrogen) atoms. The first kappa shape index (κ1) is 7.17. The molecule has 64 valence electrons. The summed E-state index contributed by atoms with van der Waals surface area (Å²) in [6, 6.07) is -0.481. The molecule has 0 unspecified atom stereocenters. The minimum Gasteiger partial charge on any atom is -0.355 e. The van der Waals surface area contributed by atoms with Crippen molar-refractivity contribution >= 4 is 6.03 Å². The highest BCUT2D eigenvalue weighted by Gasteiger charge is 2.20. The number of amides is 2. The van der Waals surface area contributed by atoms with Gasteiger partial charge in [0.1, 0.15) is 6.73 Å². The number of nitrogens with two attached hydrogens (primary N) is 1. The monoisotopic (exact) mass is 167 g/mol. The zero-order valence-corrected chi connectivity index (χ0v) is 6.43. The van der Waals surface area contributed by atoms with Gasteiger partial charge in [-0.15, -0.1) is 0 Å². The molecule has 2 aliphatic heterocycles. The molecule has 2 N–H and O–H groups in total. The molecule has 2 amide bonds. The Kier molecular flexibility index (Phi) is 1.51. The molecule has 0 saturated carbocycles. The Bertz CT molecular complexity index is 272. The lowest BCUT2D eigenvalue weighted by Gasteiger charge is -2.21. The fourth-order valence-electron chi connectivity index (χ4n) is 1.16. The normalized spacial score (nSPS) is 20.8. The number of nitrogens with zero attached hydrogens (tertiary/aromatic N) is 2. The van der Waals surface area contributed by atoms with Crippen molar-refractivity contribution < 1.29 is 9.53 Å². The molecule has 1 saturated heterocycles. The fourth-order valence-corrected chi connectivity index (χ4v) is 1.16. The van der Waals surface area contributed by atoms with E-state index in [1.807, 2.05) is 4.90 Å². The van der Waals surface area contributed by atoms with Gasteiger partial charge in [-0.3, -0.25) is 4.90 Å². The lowest BCUT2D eigenvalue weighted by molar-refractivity contribution is 0.161. The maximum Gasteiger partial charge on any atom is 0.323 e. The highest BCUT2D eigenvalue weighted by molar-refractivity contribution is 5.74. The van der Waals surface area contributed by atoms with E-state index in [0.717, 1.165) is 5.70 Å². The molecule has 1 fully saturated rings. The molecule has 0 aliphatic carbocycles. The lowest BCUT2D eigenvalue weighted by Crippen LogP contribution is -2.31. The average molecular weight is 167 g/mol. The van der Waals surface area contributed by atoms with Crippen LogP contribution in [-0.2, 0) is 4.74 Å². The number of carbonyl (C=O) groups is 1. The molecule has 2 heterocycles. The van der Waals surface area contributed by atoms with E-state index in [9.17, 15) is 4.79 Å². The van der Waals surface area contributed by atoms with Gasteiger partial charge in [0.2, 0.25) is 0 Å². The predicted octanol–water partition coefficient (Wildman–Crippen LogP) is -0.0170. The van der Waals surface area contributed by atoms with Crippen molar-refractivity contribution in [3.05, 3.63) is 24.3 Å². The van der Waals surface area contributed by atoms with Gasteiger partial charge in [-0.05, 0) is 0 Å². The summed E-state index contributed by atoms with van der Waals surface area (Å²) in [5.41, 5.74) is 6.04. The molecule has 2 rings (SSSR count). The summed E-state index contributed by atoms with van der Waals surface area (Å²) in [6.45, 7) is 1.09. The Balaban J connectivity index is 2.20. The predicted molar refractivity (Wildman–Crippen MR) is 41.3 cm³/mol. The summed E-state index contributed by atoms with van der Waals surface area (Å²) >= 11 is 0. The molecule has 0 aromatic rings. The minimum atomic E-state index is -0.481. The zero-order chi connectivity index (χ0) is 8.55. The van der Waals surface area contributed by atoms with Crippen LogP contribution in [0.5, 0.6) is 0 Å². The third kappa shape index (κ3) is 1.04. The van der Waals surface area contributed by atoms with Crippen LogP contribution in [0.1, 0.15) is 0 Å². The van der Waals surface area contributed by atoms with Gasteiger partial charge in [-0.1, -0.05) is 0 Å². The van der Waals surface area contributed by atoms with Crippen molar-refractivity contribution in [2.24, 2.45) is 5.73 Å². The van der Waals surface area contributed by atoms with Gasteiger partial charge in [-0.2, -0.15) is 0 Å². The van der Waals surface area contributed by atoms with Gasteiger partial charge in [0.15, 0.2) is 0 Å². The van der Waals surface area contributed by atoms with Crippen LogP contribution < -0.4 is 5.73 Å². The topological polar surface area (TPSA) is 58.8 Å². The number of ether oxygens (including phenoxy) is 1. The van der Waals surface area contributed by atoms with Crippen molar-refractivity contribution in [2.75, 3.05) is 13.3 Å². The number of fused-ring (bicyclic) bond motifs is 1. The SMILES string of the molecule is NC(=O)N1C=CN2COCC2=C1. The van der Waals surface area contributed by atoms with E-state index in [1.54, 1.807) is 18.6 Å². The summed E-state index contributed by atoms with van der Waals surface area (Å²) in [5, 5.41) is 0. The summed E-state index contributed by atoms with van der Waals surface area (Å²) in [5.74, 6) is 0. The second-order valence-corrected chi connectivity index (χ2v) is 2.61. The molecule has 0 bridgehead atoms. The van der Waals surface area contributed by atoms with E-state index < -0.39 is 6.03 Å². The van der Waals surface area contributed by atoms with E-state index >= 15 is 0 Å². The molecular formula is C7H9N3O2. The van der Waals surface area contributed by atoms with Crippen LogP contribution in [0.3, 0.4) is 0 Å². The first-order valence-electron chi connectivity index (χ1n) is 3.58. The standard InChI is InChI=1S/C7H9N3O2/c8-7(11)9-1-2-10-5-12-4-6(10)3-9/h1-3H,4-5H2,(H2,8,11). The van der Waals surface area contributed by atoms with Crippen LogP contribution in [0.25, 0.3) is 0 Å². The smallest absolute Gasteiger partial charge is 0.323 e. The van der Waals surface area contributed by atoms with Crippen LogP contribution in [0.15, 0.2) is 24.3 Å². The van der Waals surface area contributed by atoms with Crippen LogP contribution >= 0.6 is 0 Å². The highest BCUT2D eigenvalue weighted by Crippen LogP contribution is 2.18. The van der Waals surface area contributed by atoms with E-state index in [-0.39, 0.29) is 0 Å². The Labute approximate surface area is 69.7 Å². The molecule has 0 aromatic carbocycles. The first-order chi connectivity index (χ1) is 5.77. The van der Waals surface area contributed by atoms with Gasteiger partial charge >= 0.3 is 6.03 Å². The maximum absolute atomic E-state index is 10.7. The first-order valence-corrected chi connectivity index (χ1v) is 3.58. The number of hydrogen-bond acceptors (Lipinski definition) is 3. The van der Waals surface area contributed by atoms with Crippen molar-refractivity contribution in [3.63, 3.8) is 0 Å².